The lowest BCUT2D eigenvalue weighted by molar-refractivity contribution is 0.429. The molecule has 0 unspecified atom stereocenters. The Labute approximate surface area is 68.4 Å². The number of nitrogens with one attached hydrogen (secondary N) is 1. The van der Waals surface area contributed by atoms with Gasteiger partial charge in [-0.3, -0.25) is 0 Å². The van der Waals surface area contributed by atoms with Gasteiger partial charge in [-0.05, 0) is 12.1 Å². The second-order valence-electron chi connectivity index (χ2n) is 2.27. The van der Waals surface area contributed by atoms with E-state index in [4.69, 9.17) is 9.78 Å². The smallest absolute Gasteiger partial charge is 0.184 e. The lowest BCUT2D eigenvalue weighted by Gasteiger charge is -1.84. The van der Waals surface area contributed by atoms with E-state index >= 15 is 0 Å². The van der Waals surface area contributed by atoms with Gasteiger partial charge in [0.05, 0.1) is 5.69 Å². The molecule has 0 amide bonds. The van der Waals surface area contributed by atoms with Gasteiger partial charge in [0.15, 0.2) is 11.5 Å². The van der Waals surface area contributed by atoms with E-state index in [9.17, 15) is 0 Å². The van der Waals surface area contributed by atoms with Gasteiger partial charge in [0, 0.05) is 12.3 Å². The summed E-state index contributed by atoms with van der Waals surface area (Å²) in [6.45, 7) is 0. The molecule has 0 spiro atoms. The minimum absolute atomic E-state index is 0.291. The minimum atomic E-state index is 0.291. The highest BCUT2D eigenvalue weighted by Crippen LogP contribution is 2.16. The Balaban J connectivity index is 2.44. The monoisotopic (exact) mass is 159 g/mol. The van der Waals surface area contributed by atoms with Crippen LogP contribution in [0.2, 0.25) is 0 Å². The van der Waals surface area contributed by atoms with E-state index in [1.165, 1.54) is 0 Å². The standard InChI is InChI=1S/C8H5N3O/c9-5-6-4-8(12-11-6)7-2-1-3-10-7/h1-4,10H. The van der Waals surface area contributed by atoms with Crippen molar-refractivity contribution in [3.63, 3.8) is 0 Å². The third-order valence-corrected chi connectivity index (χ3v) is 1.49. The second-order valence-corrected chi connectivity index (χ2v) is 2.27. The van der Waals surface area contributed by atoms with Crippen LogP contribution in [0.3, 0.4) is 0 Å². The third-order valence-electron chi connectivity index (χ3n) is 1.49. The van der Waals surface area contributed by atoms with Crippen LogP contribution in [0.4, 0.5) is 0 Å². The van der Waals surface area contributed by atoms with Gasteiger partial charge in [0.1, 0.15) is 6.07 Å². The van der Waals surface area contributed by atoms with Crippen molar-refractivity contribution in [1.82, 2.24) is 10.1 Å². The number of rotatable bonds is 1. The van der Waals surface area contributed by atoms with Crippen molar-refractivity contribution in [2.75, 3.05) is 0 Å². The van der Waals surface area contributed by atoms with Crippen molar-refractivity contribution in [2.45, 2.75) is 0 Å². The molecular weight excluding hydrogens is 154 g/mol. The summed E-state index contributed by atoms with van der Waals surface area (Å²) in [5, 5.41) is 12.0. The van der Waals surface area contributed by atoms with E-state index in [1.54, 1.807) is 12.3 Å². The van der Waals surface area contributed by atoms with Crippen LogP contribution in [-0.2, 0) is 0 Å². The van der Waals surface area contributed by atoms with Gasteiger partial charge in [-0.2, -0.15) is 5.26 Å². The van der Waals surface area contributed by atoms with Gasteiger partial charge in [0.25, 0.3) is 0 Å². The number of nitrogens with zero attached hydrogens (tertiary/aromatic N) is 2. The number of hydrogen-bond donors (Lipinski definition) is 1. The van der Waals surface area contributed by atoms with Gasteiger partial charge in [-0.25, -0.2) is 0 Å². The molecule has 0 aliphatic rings. The molecule has 2 heterocycles. The molecule has 0 saturated carbocycles. The summed E-state index contributed by atoms with van der Waals surface area (Å²) in [6.07, 6.45) is 1.78. The fourth-order valence-electron chi connectivity index (χ4n) is 0.938. The van der Waals surface area contributed by atoms with Crippen LogP contribution in [0.1, 0.15) is 5.69 Å². The van der Waals surface area contributed by atoms with E-state index in [0.717, 1.165) is 5.69 Å². The fourth-order valence-corrected chi connectivity index (χ4v) is 0.938. The topological polar surface area (TPSA) is 65.6 Å². The van der Waals surface area contributed by atoms with Gasteiger partial charge in [0.2, 0.25) is 0 Å². The van der Waals surface area contributed by atoms with Crippen molar-refractivity contribution in [2.24, 2.45) is 0 Å². The summed E-state index contributed by atoms with van der Waals surface area (Å²) >= 11 is 0. The van der Waals surface area contributed by atoms with Gasteiger partial charge < -0.3 is 9.51 Å². The fraction of sp³-hybridized carbons (Fsp3) is 0. The first-order valence-corrected chi connectivity index (χ1v) is 3.41. The van der Waals surface area contributed by atoms with Gasteiger partial charge in [-0.15, -0.1) is 0 Å². The van der Waals surface area contributed by atoms with Crippen molar-refractivity contribution < 1.29 is 4.52 Å². The molecule has 2 aromatic heterocycles. The molecule has 12 heavy (non-hydrogen) atoms. The molecule has 0 fully saturated rings. The SMILES string of the molecule is N#Cc1cc(-c2ccc[nH]2)on1. The molecule has 1 N–H and O–H groups in total. The molecule has 4 heteroatoms. The maximum atomic E-state index is 8.47. The Morgan fingerprint density at radius 3 is 3.08 bits per heavy atom. The molecular formula is C8H5N3O. The maximum absolute atomic E-state index is 8.47. The second kappa shape index (κ2) is 2.55. The largest absolute Gasteiger partial charge is 0.359 e. The maximum Gasteiger partial charge on any atom is 0.184 e. The van der Waals surface area contributed by atoms with Crippen LogP contribution in [0.25, 0.3) is 11.5 Å². The molecule has 0 atom stereocenters. The Kier molecular flexibility index (Phi) is 1.42. The summed E-state index contributed by atoms with van der Waals surface area (Å²) in [6, 6.07) is 7.18. The first-order valence-electron chi connectivity index (χ1n) is 3.41. The highest BCUT2D eigenvalue weighted by atomic mass is 16.5. The van der Waals surface area contributed by atoms with Crippen molar-refractivity contribution in [3.05, 3.63) is 30.1 Å². The van der Waals surface area contributed by atoms with E-state index < -0.39 is 0 Å². The number of H-pyrrole nitrogens is 1. The summed E-state index contributed by atoms with van der Waals surface area (Å²) in [7, 11) is 0. The first kappa shape index (κ1) is 6.68. The molecule has 0 aromatic carbocycles. The van der Waals surface area contributed by atoms with Crippen LogP contribution < -0.4 is 0 Å². The lowest BCUT2D eigenvalue weighted by atomic mass is 10.3. The number of aromatic nitrogens is 2. The molecule has 0 saturated heterocycles. The third kappa shape index (κ3) is 0.974. The van der Waals surface area contributed by atoms with E-state index in [-0.39, 0.29) is 0 Å². The van der Waals surface area contributed by atoms with E-state index in [2.05, 4.69) is 10.1 Å². The van der Waals surface area contributed by atoms with Crippen LogP contribution in [0.5, 0.6) is 0 Å². The molecule has 0 aliphatic carbocycles. The quantitative estimate of drug-likeness (QED) is 0.686. The van der Waals surface area contributed by atoms with Crippen molar-refractivity contribution >= 4 is 0 Å². The van der Waals surface area contributed by atoms with Gasteiger partial charge in [-0.1, -0.05) is 5.16 Å². The predicted octanol–water partition coefficient (Wildman–Crippen LogP) is 1.54. The van der Waals surface area contributed by atoms with Crippen molar-refractivity contribution in [1.29, 1.82) is 5.26 Å². The van der Waals surface area contributed by atoms with Crippen LogP contribution in [0.15, 0.2) is 28.9 Å². The Morgan fingerprint density at radius 2 is 2.50 bits per heavy atom. The lowest BCUT2D eigenvalue weighted by Crippen LogP contribution is -1.69. The highest BCUT2D eigenvalue weighted by Gasteiger charge is 2.05. The van der Waals surface area contributed by atoms with Crippen LogP contribution in [0, 0.1) is 11.3 Å². The summed E-state index contributed by atoms with van der Waals surface area (Å²) in [5.41, 5.74) is 1.11. The zero-order valence-electron chi connectivity index (χ0n) is 6.11. The summed E-state index contributed by atoms with van der Waals surface area (Å²) in [5.74, 6) is 0.580. The molecule has 4 nitrogen and oxygen atoms in total. The Bertz CT molecular complexity index is 408. The van der Waals surface area contributed by atoms with E-state index in [0.29, 0.717) is 11.5 Å². The zero-order chi connectivity index (χ0) is 8.39. The zero-order valence-corrected chi connectivity index (χ0v) is 6.11. The normalized spacial score (nSPS) is 9.58. The average Bonchev–Trinajstić information content (AvgIpc) is 2.75. The van der Waals surface area contributed by atoms with Crippen LogP contribution in [-0.4, -0.2) is 10.1 Å². The van der Waals surface area contributed by atoms with E-state index in [1.807, 2.05) is 18.2 Å². The number of nitriles is 1. The van der Waals surface area contributed by atoms with Crippen LogP contribution >= 0.6 is 0 Å². The molecule has 0 aliphatic heterocycles. The molecule has 2 rings (SSSR count). The molecule has 2 aromatic rings. The molecule has 58 valence electrons. The van der Waals surface area contributed by atoms with Gasteiger partial charge >= 0.3 is 0 Å². The number of hydrogen-bond acceptors (Lipinski definition) is 3. The summed E-state index contributed by atoms with van der Waals surface area (Å²) in [4.78, 5) is 2.95. The molecule has 0 radical (unpaired) electrons. The predicted molar refractivity (Wildman–Crippen MR) is 41.0 cm³/mol. The Hall–Kier alpha value is -2.02. The Morgan fingerprint density at radius 1 is 1.58 bits per heavy atom. The number of aromatic amines is 1. The minimum Gasteiger partial charge on any atom is -0.359 e. The summed E-state index contributed by atoms with van der Waals surface area (Å²) < 4.78 is 4.90. The molecule has 0 bridgehead atoms. The van der Waals surface area contributed by atoms with Crippen molar-refractivity contribution in [3.8, 4) is 17.5 Å². The average molecular weight is 159 g/mol. The highest BCUT2D eigenvalue weighted by molar-refractivity contribution is 5.53. The first-order chi connectivity index (χ1) is 5.90.